The number of carbonyl (C=O) groups excluding carboxylic acids is 1. The summed E-state index contributed by atoms with van der Waals surface area (Å²) < 4.78 is 4.72. The average Bonchev–Trinajstić information content (AvgIpc) is 2.39. The van der Waals surface area contributed by atoms with Gasteiger partial charge in [-0.2, -0.15) is 0 Å². The fraction of sp³-hybridized carbons (Fsp3) is 0.562. The third-order valence-corrected chi connectivity index (χ3v) is 3.10. The van der Waals surface area contributed by atoms with Crippen LogP contribution in [0.1, 0.15) is 32.3 Å². The minimum absolute atomic E-state index is 0.122. The molecule has 0 radical (unpaired) electrons. The quantitative estimate of drug-likeness (QED) is 0.675. The van der Waals surface area contributed by atoms with E-state index in [1.807, 2.05) is 6.07 Å². The van der Waals surface area contributed by atoms with Crippen LogP contribution >= 0.6 is 0 Å². The zero-order valence-corrected chi connectivity index (χ0v) is 12.3. The maximum Gasteiger partial charge on any atom is 0.305 e. The lowest BCUT2D eigenvalue weighted by Gasteiger charge is -2.25. The highest BCUT2D eigenvalue weighted by Crippen LogP contribution is 2.11. The molecule has 3 heteroatoms. The van der Waals surface area contributed by atoms with E-state index in [2.05, 4.69) is 43.0 Å². The Hall–Kier alpha value is -1.35. The number of hydrogen-bond donors (Lipinski definition) is 0. The zero-order valence-electron chi connectivity index (χ0n) is 12.3. The van der Waals surface area contributed by atoms with E-state index in [0.29, 0.717) is 12.3 Å². The fourth-order valence-electron chi connectivity index (χ4n) is 2.27. The van der Waals surface area contributed by atoms with Crippen molar-refractivity contribution >= 4 is 5.97 Å². The van der Waals surface area contributed by atoms with Crippen LogP contribution in [0.2, 0.25) is 0 Å². The van der Waals surface area contributed by atoms with Gasteiger partial charge in [-0.05, 0) is 24.4 Å². The molecule has 0 aromatic heterocycles. The van der Waals surface area contributed by atoms with Gasteiger partial charge in [0.15, 0.2) is 0 Å². The molecule has 106 valence electrons. The first kappa shape index (κ1) is 15.7. The Labute approximate surface area is 116 Å². The summed E-state index contributed by atoms with van der Waals surface area (Å²) in [7, 11) is 1.45. The molecule has 1 aromatic carbocycles. The smallest absolute Gasteiger partial charge is 0.305 e. The van der Waals surface area contributed by atoms with Gasteiger partial charge in [0.05, 0.1) is 7.11 Å². The minimum atomic E-state index is -0.122. The van der Waals surface area contributed by atoms with Crippen LogP contribution in [0.5, 0.6) is 0 Å². The number of ether oxygens (including phenoxy) is 1. The average molecular weight is 263 g/mol. The van der Waals surface area contributed by atoms with Gasteiger partial charge in [-0.3, -0.25) is 9.69 Å². The lowest BCUT2D eigenvalue weighted by Crippen LogP contribution is -2.30. The molecular formula is C16H25NO2. The minimum Gasteiger partial charge on any atom is -0.469 e. The molecule has 0 fully saturated rings. The van der Waals surface area contributed by atoms with Crippen LogP contribution < -0.4 is 0 Å². The standard InChI is InChI=1S/C16H25NO2/c1-4-10-17(12-14(2)11-16(18)19-3)13-15-8-6-5-7-9-15/h5-9,14H,4,10-13H2,1-3H3. The van der Waals surface area contributed by atoms with Crippen LogP contribution in [0.3, 0.4) is 0 Å². The van der Waals surface area contributed by atoms with Crippen molar-refractivity contribution in [1.29, 1.82) is 0 Å². The van der Waals surface area contributed by atoms with E-state index in [0.717, 1.165) is 26.1 Å². The van der Waals surface area contributed by atoms with E-state index in [1.165, 1.54) is 12.7 Å². The van der Waals surface area contributed by atoms with Crippen LogP contribution in [-0.2, 0) is 16.1 Å². The molecule has 0 spiro atoms. The summed E-state index contributed by atoms with van der Waals surface area (Å²) in [5, 5.41) is 0. The van der Waals surface area contributed by atoms with Gasteiger partial charge in [-0.25, -0.2) is 0 Å². The van der Waals surface area contributed by atoms with E-state index in [9.17, 15) is 4.79 Å². The van der Waals surface area contributed by atoms with Crippen LogP contribution in [0.15, 0.2) is 30.3 Å². The summed E-state index contributed by atoms with van der Waals surface area (Å²) in [6.45, 7) is 7.21. The Morgan fingerprint density at radius 2 is 2.00 bits per heavy atom. The second-order valence-corrected chi connectivity index (χ2v) is 5.11. The Kier molecular flexibility index (Phi) is 7.19. The Morgan fingerprint density at radius 1 is 1.32 bits per heavy atom. The molecule has 0 heterocycles. The van der Waals surface area contributed by atoms with Crippen molar-refractivity contribution in [3.05, 3.63) is 35.9 Å². The monoisotopic (exact) mass is 263 g/mol. The predicted molar refractivity (Wildman–Crippen MR) is 77.8 cm³/mol. The van der Waals surface area contributed by atoms with Gasteiger partial charge in [0.1, 0.15) is 0 Å². The molecule has 0 bridgehead atoms. The van der Waals surface area contributed by atoms with Gasteiger partial charge in [0.25, 0.3) is 0 Å². The molecule has 1 unspecified atom stereocenters. The van der Waals surface area contributed by atoms with E-state index >= 15 is 0 Å². The van der Waals surface area contributed by atoms with E-state index < -0.39 is 0 Å². The summed E-state index contributed by atoms with van der Waals surface area (Å²) in [4.78, 5) is 13.7. The third-order valence-electron chi connectivity index (χ3n) is 3.10. The Morgan fingerprint density at radius 3 is 2.58 bits per heavy atom. The van der Waals surface area contributed by atoms with Gasteiger partial charge < -0.3 is 4.74 Å². The van der Waals surface area contributed by atoms with E-state index in [4.69, 9.17) is 4.74 Å². The highest BCUT2D eigenvalue weighted by Gasteiger charge is 2.13. The highest BCUT2D eigenvalue weighted by molar-refractivity contribution is 5.69. The fourth-order valence-corrected chi connectivity index (χ4v) is 2.27. The van der Waals surface area contributed by atoms with Gasteiger partial charge in [0.2, 0.25) is 0 Å². The van der Waals surface area contributed by atoms with E-state index in [1.54, 1.807) is 0 Å². The Balaban J connectivity index is 2.50. The number of methoxy groups -OCH3 is 1. The van der Waals surface area contributed by atoms with E-state index in [-0.39, 0.29) is 5.97 Å². The maximum absolute atomic E-state index is 11.3. The van der Waals surface area contributed by atoms with Crippen molar-refractivity contribution in [2.45, 2.75) is 33.2 Å². The zero-order chi connectivity index (χ0) is 14.1. The summed E-state index contributed by atoms with van der Waals surface area (Å²) >= 11 is 0. The van der Waals surface area contributed by atoms with Crippen molar-refractivity contribution in [2.75, 3.05) is 20.2 Å². The van der Waals surface area contributed by atoms with Crippen LogP contribution in [0, 0.1) is 5.92 Å². The first-order valence-electron chi connectivity index (χ1n) is 6.98. The third kappa shape index (κ3) is 6.39. The molecule has 19 heavy (non-hydrogen) atoms. The summed E-state index contributed by atoms with van der Waals surface area (Å²) in [6, 6.07) is 10.5. The van der Waals surface area contributed by atoms with Crippen LogP contribution in [-0.4, -0.2) is 31.1 Å². The number of hydrogen-bond acceptors (Lipinski definition) is 3. The lowest BCUT2D eigenvalue weighted by molar-refractivity contribution is -0.141. The molecule has 1 atom stereocenters. The molecule has 1 rings (SSSR count). The van der Waals surface area contributed by atoms with Crippen molar-refractivity contribution in [3.8, 4) is 0 Å². The molecule has 3 nitrogen and oxygen atoms in total. The molecule has 0 aliphatic heterocycles. The number of rotatable bonds is 8. The molecule has 0 aliphatic carbocycles. The van der Waals surface area contributed by atoms with Crippen molar-refractivity contribution in [3.63, 3.8) is 0 Å². The van der Waals surface area contributed by atoms with Crippen molar-refractivity contribution in [1.82, 2.24) is 4.90 Å². The van der Waals surface area contributed by atoms with Gasteiger partial charge >= 0.3 is 5.97 Å². The van der Waals surface area contributed by atoms with Gasteiger partial charge in [0, 0.05) is 19.5 Å². The summed E-state index contributed by atoms with van der Waals surface area (Å²) in [5.41, 5.74) is 1.32. The first-order valence-corrected chi connectivity index (χ1v) is 6.98. The van der Waals surface area contributed by atoms with Gasteiger partial charge in [-0.15, -0.1) is 0 Å². The van der Waals surface area contributed by atoms with Crippen molar-refractivity contribution < 1.29 is 9.53 Å². The molecule has 0 saturated heterocycles. The molecule has 0 N–H and O–H groups in total. The SMILES string of the molecule is CCCN(Cc1ccccc1)CC(C)CC(=O)OC. The molecule has 0 aliphatic rings. The number of benzene rings is 1. The van der Waals surface area contributed by atoms with Crippen LogP contribution in [0.4, 0.5) is 0 Å². The second-order valence-electron chi connectivity index (χ2n) is 5.11. The van der Waals surface area contributed by atoms with Gasteiger partial charge in [-0.1, -0.05) is 44.2 Å². The molecular weight excluding hydrogens is 238 g/mol. The van der Waals surface area contributed by atoms with Crippen LogP contribution in [0.25, 0.3) is 0 Å². The maximum atomic E-state index is 11.3. The summed E-state index contributed by atoms with van der Waals surface area (Å²) in [6.07, 6.45) is 1.61. The number of carbonyl (C=O) groups is 1. The lowest BCUT2D eigenvalue weighted by atomic mass is 10.1. The normalized spacial score (nSPS) is 12.4. The first-order chi connectivity index (χ1) is 9.15. The summed E-state index contributed by atoms with van der Waals surface area (Å²) in [5.74, 6) is 0.200. The predicted octanol–water partition coefficient (Wildman–Crippen LogP) is 3.10. The van der Waals surface area contributed by atoms with Crippen molar-refractivity contribution in [2.24, 2.45) is 5.92 Å². The topological polar surface area (TPSA) is 29.5 Å². The Bertz CT molecular complexity index is 364. The molecule has 1 aromatic rings. The largest absolute Gasteiger partial charge is 0.469 e. The molecule has 0 amide bonds. The molecule has 0 saturated carbocycles. The number of nitrogens with zero attached hydrogens (tertiary/aromatic N) is 1. The second kappa shape index (κ2) is 8.70. The highest BCUT2D eigenvalue weighted by atomic mass is 16.5. The number of esters is 1.